The minimum absolute atomic E-state index is 0.507. The van der Waals surface area contributed by atoms with E-state index in [9.17, 15) is 0 Å². The van der Waals surface area contributed by atoms with Crippen LogP contribution in [0.1, 0.15) is 38.3 Å². The van der Waals surface area contributed by atoms with Gasteiger partial charge in [0.1, 0.15) is 12.4 Å². The van der Waals surface area contributed by atoms with Gasteiger partial charge in [0.2, 0.25) is 0 Å². The molecule has 0 atom stereocenters. The monoisotopic (exact) mass is 292 g/mol. The Morgan fingerprint density at radius 2 is 2.05 bits per heavy atom. The van der Waals surface area contributed by atoms with Crippen molar-refractivity contribution in [2.75, 3.05) is 13.1 Å². The van der Waals surface area contributed by atoms with Gasteiger partial charge in [0.25, 0.3) is 0 Å². The summed E-state index contributed by atoms with van der Waals surface area (Å²) >= 11 is 0. The topological polar surface area (TPSA) is 67.1 Å². The van der Waals surface area contributed by atoms with Crippen LogP contribution in [-0.2, 0) is 13.6 Å². The fourth-order valence-electron chi connectivity index (χ4n) is 1.90. The van der Waals surface area contributed by atoms with E-state index < -0.39 is 0 Å². The van der Waals surface area contributed by atoms with Crippen LogP contribution in [0.2, 0.25) is 0 Å². The zero-order chi connectivity index (χ0) is 15.7. The van der Waals surface area contributed by atoms with Gasteiger partial charge in [0.15, 0.2) is 11.8 Å². The van der Waals surface area contributed by atoms with Gasteiger partial charge in [-0.05, 0) is 12.8 Å². The van der Waals surface area contributed by atoms with Gasteiger partial charge in [-0.2, -0.15) is 0 Å². The van der Waals surface area contributed by atoms with Gasteiger partial charge in [-0.3, -0.25) is 0 Å². The molecule has 0 bridgehead atoms. The number of aromatic nitrogens is 3. The average molecular weight is 292 g/mol. The van der Waals surface area contributed by atoms with Crippen LogP contribution in [0.25, 0.3) is 0 Å². The molecule has 2 N–H and O–H groups in total. The second-order valence-electron chi connectivity index (χ2n) is 5.12. The zero-order valence-corrected chi connectivity index (χ0v) is 13.7. The molecule has 1 rings (SSSR count). The fourth-order valence-corrected chi connectivity index (χ4v) is 1.90. The largest absolute Gasteiger partial charge is 0.356 e. The summed E-state index contributed by atoms with van der Waals surface area (Å²) in [6, 6.07) is 0. The van der Waals surface area contributed by atoms with Crippen molar-refractivity contribution in [1.29, 1.82) is 0 Å². The summed E-state index contributed by atoms with van der Waals surface area (Å²) in [6.45, 7) is 12.2. The highest BCUT2D eigenvalue weighted by atomic mass is 15.3. The van der Waals surface area contributed by atoms with Gasteiger partial charge in [-0.1, -0.05) is 32.8 Å². The third-order valence-electron chi connectivity index (χ3n) is 3.69. The van der Waals surface area contributed by atoms with Crippen LogP contribution in [0.3, 0.4) is 0 Å². The predicted octanol–water partition coefficient (Wildman–Crippen LogP) is 1.78. The Morgan fingerprint density at radius 3 is 2.57 bits per heavy atom. The number of aryl methyl sites for hydroxylation is 1. The quantitative estimate of drug-likeness (QED) is 0.435. The zero-order valence-electron chi connectivity index (χ0n) is 13.7. The Kier molecular flexibility index (Phi) is 7.50. The summed E-state index contributed by atoms with van der Waals surface area (Å²) in [4.78, 5) is 4.57. The van der Waals surface area contributed by atoms with E-state index in [0.717, 1.165) is 24.2 Å². The molecule has 0 radical (unpaired) electrons. The molecule has 0 amide bonds. The summed E-state index contributed by atoms with van der Waals surface area (Å²) in [7, 11) is 1.95. The van der Waals surface area contributed by atoms with E-state index in [1.807, 2.05) is 24.6 Å². The summed E-state index contributed by atoms with van der Waals surface area (Å²) < 4.78 is 1.95. The van der Waals surface area contributed by atoms with Crippen LogP contribution < -0.4 is 10.6 Å². The number of hydrogen-bond donors (Lipinski definition) is 2. The second-order valence-corrected chi connectivity index (χ2v) is 5.12. The van der Waals surface area contributed by atoms with E-state index in [1.165, 1.54) is 12.8 Å². The number of nitrogens with one attached hydrogen (secondary N) is 2. The van der Waals surface area contributed by atoms with Crippen molar-refractivity contribution >= 4 is 5.96 Å². The highest BCUT2D eigenvalue weighted by Gasteiger charge is 2.07. The predicted molar refractivity (Wildman–Crippen MR) is 87.2 cm³/mol. The molecule has 0 aromatic carbocycles. The molecule has 1 aromatic rings. The number of hydrogen-bond acceptors (Lipinski definition) is 3. The van der Waals surface area contributed by atoms with E-state index in [-0.39, 0.29) is 0 Å². The molecule has 118 valence electrons. The molecule has 1 aromatic heterocycles. The third kappa shape index (κ3) is 5.57. The van der Waals surface area contributed by atoms with Crippen LogP contribution in [0.4, 0.5) is 0 Å². The molecule has 0 aliphatic heterocycles. The van der Waals surface area contributed by atoms with Crippen LogP contribution in [-0.4, -0.2) is 33.8 Å². The van der Waals surface area contributed by atoms with Crippen molar-refractivity contribution in [2.45, 2.75) is 40.2 Å². The van der Waals surface area contributed by atoms with E-state index in [1.54, 1.807) is 0 Å². The Morgan fingerprint density at radius 1 is 1.33 bits per heavy atom. The summed E-state index contributed by atoms with van der Waals surface area (Å²) in [5, 5.41) is 14.8. The first kappa shape index (κ1) is 17.2. The number of aliphatic imine (C=N–C) groups is 1. The Hall–Kier alpha value is -1.85. The standard InChI is InChI=1S/C15H28N6/c1-6-9-16-15(17-10-13(7-2)8-3)18-11-14-20-19-12(4)21(14)5/h6,13H,1,7-11H2,2-5H3,(H2,16,17,18). The van der Waals surface area contributed by atoms with Gasteiger partial charge in [0, 0.05) is 20.1 Å². The molecule has 0 fully saturated rings. The highest BCUT2D eigenvalue weighted by molar-refractivity contribution is 5.79. The van der Waals surface area contributed by atoms with Crippen LogP contribution in [0.15, 0.2) is 17.6 Å². The van der Waals surface area contributed by atoms with Gasteiger partial charge in [-0.25, -0.2) is 4.99 Å². The van der Waals surface area contributed by atoms with Crippen molar-refractivity contribution in [3.05, 3.63) is 24.3 Å². The molecule has 0 unspecified atom stereocenters. The number of guanidine groups is 1. The summed E-state index contributed by atoms with van der Waals surface area (Å²) in [5.41, 5.74) is 0. The molecule has 6 nitrogen and oxygen atoms in total. The minimum atomic E-state index is 0.507. The summed E-state index contributed by atoms with van der Waals surface area (Å²) in [5.74, 6) is 3.21. The number of rotatable bonds is 8. The van der Waals surface area contributed by atoms with E-state index in [2.05, 4.69) is 46.2 Å². The van der Waals surface area contributed by atoms with E-state index in [4.69, 9.17) is 0 Å². The van der Waals surface area contributed by atoms with Crippen molar-refractivity contribution in [1.82, 2.24) is 25.4 Å². The molecular weight excluding hydrogens is 264 g/mol. The molecule has 0 aliphatic rings. The summed E-state index contributed by atoms with van der Waals surface area (Å²) in [6.07, 6.45) is 4.15. The molecule has 0 saturated heterocycles. The molecule has 1 heterocycles. The second kappa shape index (κ2) is 9.15. The van der Waals surface area contributed by atoms with Crippen molar-refractivity contribution < 1.29 is 0 Å². The first-order chi connectivity index (χ1) is 10.1. The van der Waals surface area contributed by atoms with Crippen molar-refractivity contribution in [2.24, 2.45) is 18.0 Å². The molecule has 0 saturated carbocycles. The molecular formula is C15H28N6. The van der Waals surface area contributed by atoms with Crippen LogP contribution >= 0.6 is 0 Å². The smallest absolute Gasteiger partial charge is 0.191 e. The lowest BCUT2D eigenvalue weighted by molar-refractivity contribution is 0.481. The van der Waals surface area contributed by atoms with Crippen molar-refractivity contribution in [3.63, 3.8) is 0 Å². The highest BCUT2D eigenvalue weighted by Crippen LogP contribution is 2.05. The Bertz CT molecular complexity index is 459. The first-order valence-corrected chi connectivity index (χ1v) is 7.60. The molecule has 0 aliphatic carbocycles. The minimum Gasteiger partial charge on any atom is -0.356 e. The third-order valence-corrected chi connectivity index (χ3v) is 3.69. The average Bonchev–Trinajstić information content (AvgIpc) is 2.81. The lowest BCUT2D eigenvalue weighted by atomic mass is 10.0. The maximum absolute atomic E-state index is 4.57. The lowest BCUT2D eigenvalue weighted by Crippen LogP contribution is -2.39. The van der Waals surface area contributed by atoms with Crippen LogP contribution in [0.5, 0.6) is 0 Å². The van der Waals surface area contributed by atoms with Crippen molar-refractivity contribution in [3.8, 4) is 0 Å². The first-order valence-electron chi connectivity index (χ1n) is 7.60. The molecule has 6 heteroatoms. The SMILES string of the molecule is C=CCNC(=NCc1nnc(C)n1C)NCC(CC)CC. The van der Waals surface area contributed by atoms with Gasteiger partial charge >= 0.3 is 0 Å². The Balaban J connectivity index is 2.64. The fraction of sp³-hybridized carbons (Fsp3) is 0.667. The molecule has 21 heavy (non-hydrogen) atoms. The maximum Gasteiger partial charge on any atom is 0.191 e. The van der Waals surface area contributed by atoms with Crippen LogP contribution in [0, 0.1) is 12.8 Å². The Labute approximate surface area is 127 Å². The van der Waals surface area contributed by atoms with Gasteiger partial charge in [-0.15, -0.1) is 16.8 Å². The number of nitrogens with zero attached hydrogens (tertiary/aromatic N) is 4. The normalized spacial score (nSPS) is 11.8. The van der Waals surface area contributed by atoms with E-state index >= 15 is 0 Å². The maximum atomic E-state index is 4.57. The lowest BCUT2D eigenvalue weighted by Gasteiger charge is -2.16. The van der Waals surface area contributed by atoms with Gasteiger partial charge in [0.05, 0.1) is 0 Å². The molecule has 0 spiro atoms. The van der Waals surface area contributed by atoms with Gasteiger partial charge < -0.3 is 15.2 Å². The van der Waals surface area contributed by atoms with E-state index in [0.29, 0.717) is 19.0 Å².